The monoisotopic (exact) mass is 395 g/mol. The largest absolute Gasteiger partial charge is 0.303 e. The van der Waals surface area contributed by atoms with Crippen LogP contribution in [-0.4, -0.2) is 9.55 Å². The quantitative estimate of drug-likeness (QED) is 0.337. The van der Waals surface area contributed by atoms with E-state index >= 15 is 0 Å². The van der Waals surface area contributed by atoms with E-state index in [1.165, 1.54) is 12.1 Å². The van der Waals surface area contributed by atoms with Crippen molar-refractivity contribution in [3.05, 3.63) is 101 Å². The molecule has 2 heterocycles. The molecule has 5 heteroatoms. The number of hydrogen-bond acceptors (Lipinski definition) is 3. The number of aromatic nitrogens is 2. The molecule has 31 heavy (non-hydrogen) atoms. The van der Waals surface area contributed by atoms with Crippen molar-refractivity contribution < 1.29 is 0 Å². The van der Waals surface area contributed by atoms with Gasteiger partial charge in [-0.2, -0.15) is 10.5 Å². The minimum Gasteiger partial charge on any atom is -0.303 e. The molecule has 142 valence electrons. The first-order valence-electron chi connectivity index (χ1n) is 9.57. The van der Waals surface area contributed by atoms with Gasteiger partial charge in [-0.15, -0.1) is 0 Å². The topological polar surface area (TPSA) is 69.8 Å². The van der Waals surface area contributed by atoms with Crippen LogP contribution in [-0.2, 0) is 0 Å². The van der Waals surface area contributed by atoms with E-state index in [1.807, 2.05) is 77.4 Å². The smallest absolute Gasteiger partial charge is 0.213 e. The fourth-order valence-corrected chi connectivity index (χ4v) is 3.92. The van der Waals surface area contributed by atoms with E-state index in [0.717, 1.165) is 27.5 Å². The predicted molar refractivity (Wildman–Crippen MR) is 120 cm³/mol. The number of hydrogen-bond donors (Lipinski definition) is 0. The number of benzene rings is 3. The van der Waals surface area contributed by atoms with Gasteiger partial charge in [0.1, 0.15) is 5.65 Å². The van der Waals surface area contributed by atoms with Crippen molar-refractivity contribution in [1.82, 2.24) is 9.55 Å². The molecule has 0 saturated heterocycles. The van der Waals surface area contributed by atoms with Crippen LogP contribution in [0.1, 0.15) is 11.1 Å². The van der Waals surface area contributed by atoms with Crippen LogP contribution in [0.5, 0.6) is 0 Å². The van der Waals surface area contributed by atoms with Crippen LogP contribution in [0.4, 0.5) is 5.69 Å². The molecule has 0 atom stereocenters. The summed E-state index contributed by atoms with van der Waals surface area (Å²) in [5, 5.41) is 21.1. The lowest BCUT2D eigenvalue weighted by Crippen LogP contribution is -2.00. The lowest BCUT2D eigenvalue weighted by molar-refractivity contribution is 1.13. The number of fused-ring (bicyclic) bond motifs is 3. The van der Waals surface area contributed by atoms with Crippen molar-refractivity contribution in [2.75, 3.05) is 0 Å². The first-order valence-corrected chi connectivity index (χ1v) is 9.57. The molecule has 0 aliphatic rings. The maximum absolute atomic E-state index is 9.84. The molecule has 0 aliphatic heterocycles. The third-order valence-corrected chi connectivity index (χ3v) is 5.28. The Balaban J connectivity index is 1.95. The van der Waals surface area contributed by atoms with Crippen LogP contribution in [0, 0.1) is 29.2 Å². The highest BCUT2D eigenvalue weighted by Gasteiger charge is 2.20. The van der Waals surface area contributed by atoms with E-state index in [9.17, 15) is 10.5 Å². The average molecular weight is 395 g/mol. The van der Waals surface area contributed by atoms with Gasteiger partial charge in [0.05, 0.1) is 41.2 Å². The van der Waals surface area contributed by atoms with E-state index in [2.05, 4.69) is 10.9 Å². The van der Waals surface area contributed by atoms with Crippen molar-refractivity contribution in [3.63, 3.8) is 0 Å². The molecule has 5 nitrogen and oxygen atoms in total. The first kappa shape index (κ1) is 18.1. The maximum atomic E-state index is 9.84. The Morgan fingerprint density at radius 1 is 0.839 bits per heavy atom. The Kier molecular flexibility index (Phi) is 4.19. The molecule has 0 amide bonds. The normalized spacial score (nSPS) is 10.5. The minimum absolute atomic E-state index is 0.241. The summed E-state index contributed by atoms with van der Waals surface area (Å²) >= 11 is 0. The molecule has 0 spiro atoms. The Labute approximate surface area is 178 Å². The number of para-hydroxylation sites is 1. The van der Waals surface area contributed by atoms with Crippen LogP contribution in [0.15, 0.2) is 78.9 Å². The lowest BCUT2D eigenvalue weighted by Gasteiger charge is -2.12. The summed E-state index contributed by atoms with van der Waals surface area (Å²) in [6.45, 7) is 7.70. The summed E-state index contributed by atoms with van der Waals surface area (Å²) in [6, 6.07) is 28.9. The standard InChI is InChI=1S/C26H13N5/c1-29-23-14-17(15-27)13-19(16-28)25(23)31-24-10-6-5-9-20(24)21-11-12-22(30-26(21)31)18-7-3-2-4-8-18/h2-14H. The molecule has 0 aliphatic carbocycles. The molecular weight excluding hydrogens is 382 g/mol. The molecule has 0 saturated carbocycles. The minimum atomic E-state index is 0.241. The summed E-state index contributed by atoms with van der Waals surface area (Å²) in [5.41, 5.74) is 4.52. The highest BCUT2D eigenvalue weighted by molar-refractivity contribution is 6.09. The Morgan fingerprint density at radius 3 is 2.35 bits per heavy atom. The summed E-state index contributed by atoms with van der Waals surface area (Å²) < 4.78 is 1.87. The predicted octanol–water partition coefficient (Wildman–Crippen LogP) is 6.14. The van der Waals surface area contributed by atoms with E-state index < -0.39 is 0 Å². The summed E-state index contributed by atoms with van der Waals surface area (Å²) in [4.78, 5) is 8.58. The molecule has 2 aromatic heterocycles. The van der Waals surface area contributed by atoms with Gasteiger partial charge in [-0.25, -0.2) is 9.83 Å². The molecule has 5 rings (SSSR count). The second-order valence-electron chi connectivity index (χ2n) is 7.01. The molecule has 0 bridgehead atoms. The zero-order chi connectivity index (χ0) is 21.4. The van der Waals surface area contributed by atoms with Crippen LogP contribution >= 0.6 is 0 Å². The number of nitrogens with zero attached hydrogens (tertiary/aromatic N) is 5. The van der Waals surface area contributed by atoms with Gasteiger partial charge in [0.15, 0.2) is 0 Å². The molecule has 0 radical (unpaired) electrons. The van der Waals surface area contributed by atoms with E-state index in [4.69, 9.17) is 11.6 Å². The van der Waals surface area contributed by atoms with Gasteiger partial charge in [0.25, 0.3) is 0 Å². The van der Waals surface area contributed by atoms with Crippen molar-refractivity contribution in [3.8, 4) is 29.1 Å². The van der Waals surface area contributed by atoms with Crippen molar-refractivity contribution in [2.24, 2.45) is 0 Å². The fourth-order valence-electron chi connectivity index (χ4n) is 3.92. The lowest BCUT2D eigenvalue weighted by atomic mass is 10.1. The molecule has 0 fully saturated rings. The molecule has 5 aromatic rings. The molecular formula is C26H13N5. The zero-order valence-corrected chi connectivity index (χ0v) is 16.2. The first-order chi connectivity index (χ1) is 15.2. The molecule has 0 N–H and O–H groups in total. The van der Waals surface area contributed by atoms with Crippen molar-refractivity contribution in [2.45, 2.75) is 0 Å². The van der Waals surface area contributed by atoms with Gasteiger partial charge in [-0.3, -0.25) is 0 Å². The SMILES string of the molecule is [C-]#[N+]c1cc(C#N)cc(C#N)c1-n1c2ccccc2c2ccc(-c3ccccc3)nc21. The maximum Gasteiger partial charge on any atom is 0.213 e. The second kappa shape index (κ2) is 7.16. The van der Waals surface area contributed by atoms with Crippen LogP contribution < -0.4 is 0 Å². The highest BCUT2D eigenvalue weighted by atomic mass is 15.1. The van der Waals surface area contributed by atoms with Gasteiger partial charge in [-0.05, 0) is 30.3 Å². The van der Waals surface area contributed by atoms with E-state index in [0.29, 0.717) is 11.3 Å². The fraction of sp³-hybridized carbons (Fsp3) is 0. The molecule has 3 aromatic carbocycles. The second-order valence-corrected chi connectivity index (χ2v) is 7.01. The van der Waals surface area contributed by atoms with Crippen LogP contribution in [0.3, 0.4) is 0 Å². The van der Waals surface area contributed by atoms with Gasteiger partial charge in [0.2, 0.25) is 5.69 Å². The van der Waals surface area contributed by atoms with E-state index in [1.54, 1.807) is 0 Å². The summed E-state index contributed by atoms with van der Waals surface area (Å²) in [5.74, 6) is 0. The van der Waals surface area contributed by atoms with Crippen LogP contribution in [0.25, 0.3) is 43.7 Å². The van der Waals surface area contributed by atoms with Crippen LogP contribution in [0.2, 0.25) is 0 Å². The van der Waals surface area contributed by atoms with Gasteiger partial charge in [-0.1, -0.05) is 48.5 Å². The third kappa shape index (κ3) is 2.80. The van der Waals surface area contributed by atoms with Gasteiger partial charge < -0.3 is 4.57 Å². The zero-order valence-electron chi connectivity index (χ0n) is 16.2. The molecule has 0 unspecified atom stereocenters. The van der Waals surface area contributed by atoms with Gasteiger partial charge in [0, 0.05) is 21.9 Å². The van der Waals surface area contributed by atoms with Gasteiger partial charge >= 0.3 is 0 Å². The highest BCUT2D eigenvalue weighted by Crippen LogP contribution is 2.37. The number of pyridine rings is 1. The average Bonchev–Trinajstić information content (AvgIpc) is 3.17. The summed E-state index contributed by atoms with van der Waals surface area (Å²) in [7, 11) is 0. The van der Waals surface area contributed by atoms with Crippen molar-refractivity contribution in [1.29, 1.82) is 10.5 Å². The third-order valence-electron chi connectivity index (χ3n) is 5.28. The summed E-state index contributed by atoms with van der Waals surface area (Å²) in [6.07, 6.45) is 0. The van der Waals surface area contributed by atoms with Crippen molar-refractivity contribution >= 4 is 27.6 Å². The number of rotatable bonds is 2. The number of nitriles is 2. The Morgan fingerprint density at radius 2 is 1.61 bits per heavy atom. The Hall–Kier alpha value is -4.92. The van der Waals surface area contributed by atoms with E-state index in [-0.39, 0.29) is 16.8 Å². The Bertz CT molecular complexity index is 1570.